The predicted octanol–water partition coefficient (Wildman–Crippen LogP) is 0.468. The molecular formula is C8H13NO2. The molecule has 3 nitrogen and oxygen atoms in total. The van der Waals surface area contributed by atoms with Crippen molar-refractivity contribution < 1.29 is 9.53 Å². The lowest BCUT2D eigenvalue weighted by molar-refractivity contribution is -0.134. The smallest absolute Gasteiger partial charge is 0.330 e. The molecule has 0 amide bonds. The number of ether oxygens (including phenoxy) is 1. The van der Waals surface area contributed by atoms with Crippen LogP contribution in [0.4, 0.5) is 0 Å². The number of hydrogen-bond acceptors (Lipinski definition) is 3. The first kappa shape index (κ1) is 8.27. The van der Waals surface area contributed by atoms with Gasteiger partial charge in [0.05, 0.1) is 7.11 Å². The summed E-state index contributed by atoms with van der Waals surface area (Å²) in [7, 11) is 1.38. The maximum absolute atomic E-state index is 10.6. The van der Waals surface area contributed by atoms with Crippen LogP contribution in [0.2, 0.25) is 0 Å². The summed E-state index contributed by atoms with van der Waals surface area (Å²) >= 11 is 0. The standard InChI is InChI=1S/C8H13NO2/c1-11-8(10)5-4-7-3-2-6-9-7/h4-5,7,9H,2-3,6H2,1H3/b5-4+. The van der Waals surface area contributed by atoms with Gasteiger partial charge in [0, 0.05) is 12.1 Å². The van der Waals surface area contributed by atoms with Crippen LogP contribution in [0, 0.1) is 0 Å². The molecule has 11 heavy (non-hydrogen) atoms. The third-order valence-electron chi connectivity index (χ3n) is 1.76. The van der Waals surface area contributed by atoms with Crippen molar-refractivity contribution in [3.63, 3.8) is 0 Å². The van der Waals surface area contributed by atoms with Crippen LogP contribution < -0.4 is 5.32 Å². The van der Waals surface area contributed by atoms with Crippen molar-refractivity contribution in [3.05, 3.63) is 12.2 Å². The molecule has 1 aliphatic rings. The number of methoxy groups -OCH3 is 1. The quantitative estimate of drug-likeness (QED) is 0.465. The number of hydrogen-bond donors (Lipinski definition) is 1. The van der Waals surface area contributed by atoms with Gasteiger partial charge in [0.1, 0.15) is 0 Å². The number of esters is 1. The molecule has 0 radical (unpaired) electrons. The molecule has 0 saturated carbocycles. The van der Waals surface area contributed by atoms with E-state index in [2.05, 4.69) is 10.1 Å². The van der Waals surface area contributed by atoms with Gasteiger partial charge in [0.25, 0.3) is 0 Å². The first-order chi connectivity index (χ1) is 5.33. The molecule has 3 heteroatoms. The average Bonchev–Trinajstić information content (AvgIpc) is 2.52. The van der Waals surface area contributed by atoms with E-state index in [1.165, 1.54) is 19.6 Å². The zero-order valence-corrected chi connectivity index (χ0v) is 6.67. The van der Waals surface area contributed by atoms with Crippen LogP contribution in [0.3, 0.4) is 0 Å². The van der Waals surface area contributed by atoms with E-state index in [-0.39, 0.29) is 5.97 Å². The van der Waals surface area contributed by atoms with Crippen molar-refractivity contribution in [1.82, 2.24) is 5.32 Å². The van der Waals surface area contributed by atoms with Crippen LogP contribution in [-0.2, 0) is 9.53 Å². The molecule has 0 aromatic rings. The van der Waals surface area contributed by atoms with Gasteiger partial charge < -0.3 is 10.1 Å². The Balaban J connectivity index is 2.27. The second-order valence-corrected chi connectivity index (χ2v) is 2.59. The lowest BCUT2D eigenvalue weighted by atomic mass is 10.2. The Morgan fingerprint density at radius 2 is 2.55 bits per heavy atom. The minimum atomic E-state index is -0.279. The number of rotatable bonds is 2. The van der Waals surface area contributed by atoms with Gasteiger partial charge in [0.15, 0.2) is 0 Å². The second kappa shape index (κ2) is 4.13. The van der Waals surface area contributed by atoms with E-state index in [4.69, 9.17) is 0 Å². The van der Waals surface area contributed by atoms with Crippen LogP contribution in [0.1, 0.15) is 12.8 Å². The lowest BCUT2D eigenvalue weighted by Gasteiger charge is -2.00. The molecule has 1 unspecified atom stereocenters. The van der Waals surface area contributed by atoms with E-state index in [1.54, 1.807) is 0 Å². The van der Waals surface area contributed by atoms with Crippen LogP contribution in [-0.4, -0.2) is 25.7 Å². The van der Waals surface area contributed by atoms with Crippen LogP contribution in [0.5, 0.6) is 0 Å². The molecule has 1 atom stereocenters. The minimum absolute atomic E-state index is 0.279. The molecule has 0 bridgehead atoms. The van der Waals surface area contributed by atoms with E-state index < -0.39 is 0 Å². The fourth-order valence-electron chi connectivity index (χ4n) is 1.14. The van der Waals surface area contributed by atoms with Gasteiger partial charge in [0.2, 0.25) is 0 Å². The molecule has 0 aromatic heterocycles. The van der Waals surface area contributed by atoms with Crippen molar-refractivity contribution in [3.8, 4) is 0 Å². The molecule has 1 fully saturated rings. The first-order valence-electron chi connectivity index (χ1n) is 3.82. The molecule has 1 rings (SSSR count). The molecule has 0 aromatic carbocycles. The molecule has 0 spiro atoms. The fourth-order valence-corrected chi connectivity index (χ4v) is 1.14. The summed E-state index contributed by atoms with van der Waals surface area (Å²) in [5.41, 5.74) is 0. The molecule has 1 aliphatic heterocycles. The van der Waals surface area contributed by atoms with Crippen LogP contribution in [0.25, 0.3) is 0 Å². The van der Waals surface area contributed by atoms with Gasteiger partial charge in [-0.15, -0.1) is 0 Å². The summed E-state index contributed by atoms with van der Waals surface area (Å²) in [5.74, 6) is -0.279. The maximum Gasteiger partial charge on any atom is 0.330 e. The highest BCUT2D eigenvalue weighted by Gasteiger charge is 2.10. The van der Waals surface area contributed by atoms with Gasteiger partial charge in [-0.3, -0.25) is 0 Å². The Morgan fingerprint density at radius 3 is 3.09 bits per heavy atom. The highest BCUT2D eigenvalue weighted by atomic mass is 16.5. The summed E-state index contributed by atoms with van der Waals surface area (Å²) in [6, 6.07) is 0.370. The topological polar surface area (TPSA) is 38.3 Å². The number of carbonyl (C=O) groups excluding carboxylic acids is 1. The lowest BCUT2D eigenvalue weighted by Crippen LogP contribution is -2.18. The van der Waals surface area contributed by atoms with Crippen LogP contribution in [0.15, 0.2) is 12.2 Å². The summed E-state index contributed by atoms with van der Waals surface area (Å²) < 4.78 is 4.46. The second-order valence-electron chi connectivity index (χ2n) is 2.59. The van der Waals surface area contributed by atoms with Crippen LogP contribution >= 0.6 is 0 Å². The Bertz CT molecular complexity index is 159. The summed E-state index contributed by atoms with van der Waals surface area (Å²) in [6.45, 7) is 1.05. The molecule has 1 saturated heterocycles. The van der Waals surface area contributed by atoms with E-state index in [0.29, 0.717) is 6.04 Å². The number of nitrogens with one attached hydrogen (secondary N) is 1. The summed E-state index contributed by atoms with van der Waals surface area (Å²) in [5, 5.41) is 3.24. The molecule has 1 N–H and O–H groups in total. The van der Waals surface area contributed by atoms with E-state index in [0.717, 1.165) is 13.0 Å². The molecular weight excluding hydrogens is 142 g/mol. The van der Waals surface area contributed by atoms with Crippen molar-refractivity contribution in [2.45, 2.75) is 18.9 Å². The third-order valence-corrected chi connectivity index (χ3v) is 1.76. The van der Waals surface area contributed by atoms with E-state index >= 15 is 0 Å². The van der Waals surface area contributed by atoms with Crippen molar-refractivity contribution in [1.29, 1.82) is 0 Å². The first-order valence-corrected chi connectivity index (χ1v) is 3.82. The van der Waals surface area contributed by atoms with E-state index in [9.17, 15) is 4.79 Å². The van der Waals surface area contributed by atoms with Gasteiger partial charge in [-0.25, -0.2) is 4.79 Å². The Hall–Kier alpha value is -0.830. The minimum Gasteiger partial charge on any atom is -0.466 e. The SMILES string of the molecule is COC(=O)/C=C/C1CCCN1. The average molecular weight is 155 g/mol. The summed E-state index contributed by atoms with van der Waals surface area (Å²) in [6.07, 6.45) is 5.64. The highest BCUT2D eigenvalue weighted by molar-refractivity contribution is 5.81. The molecule has 1 heterocycles. The zero-order chi connectivity index (χ0) is 8.10. The molecule has 0 aliphatic carbocycles. The monoisotopic (exact) mass is 155 g/mol. The van der Waals surface area contributed by atoms with Crippen molar-refractivity contribution in [2.75, 3.05) is 13.7 Å². The van der Waals surface area contributed by atoms with Crippen molar-refractivity contribution in [2.24, 2.45) is 0 Å². The predicted molar refractivity (Wildman–Crippen MR) is 42.2 cm³/mol. The van der Waals surface area contributed by atoms with Gasteiger partial charge >= 0.3 is 5.97 Å². The maximum atomic E-state index is 10.6. The zero-order valence-electron chi connectivity index (χ0n) is 6.67. The Morgan fingerprint density at radius 1 is 1.73 bits per heavy atom. The third kappa shape index (κ3) is 2.72. The van der Waals surface area contributed by atoms with Gasteiger partial charge in [-0.2, -0.15) is 0 Å². The van der Waals surface area contributed by atoms with Gasteiger partial charge in [-0.1, -0.05) is 6.08 Å². The Labute approximate surface area is 66.4 Å². The summed E-state index contributed by atoms with van der Waals surface area (Å²) in [4.78, 5) is 10.6. The normalized spacial score (nSPS) is 24.3. The molecule has 62 valence electrons. The highest BCUT2D eigenvalue weighted by Crippen LogP contribution is 2.05. The van der Waals surface area contributed by atoms with Gasteiger partial charge in [-0.05, 0) is 19.4 Å². The van der Waals surface area contributed by atoms with Crippen molar-refractivity contribution >= 4 is 5.97 Å². The van der Waals surface area contributed by atoms with E-state index in [1.807, 2.05) is 6.08 Å². The fraction of sp³-hybridized carbons (Fsp3) is 0.625. The largest absolute Gasteiger partial charge is 0.466 e. The number of carbonyl (C=O) groups is 1. The Kier molecular flexibility index (Phi) is 3.11.